The van der Waals surface area contributed by atoms with Crippen LogP contribution in [0, 0.1) is 0 Å². The Morgan fingerprint density at radius 3 is 2.68 bits per heavy atom. The molecule has 0 radical (unpaired) electrons. The zero-order valence-electron chi connectivity index (χ0n) is 19.5. The van der Waals surface area contributed by atoms with Gasteiger partial charge < -0.3 is 24.2 Å². The van der Waals surface area contributed by atoms with E-state index in [-0.39, 0.29) is 23.5 Å². The first-order chi connectivity index (χ1) is 16.5. The predicted molar refractivity (Wildman–Crippen MR) is 126 cm³/mol. The number of ketones is 1. The summed E-state index contributed by atoms with van der Waals surface area (Å²) >= 11 is 0. The highest BCUT2D eigenvalue weighted by Crippen LogP contribution is 2.41. The molecule has 0 unspecified atom stereocenters. The second-order valence-corrected chi connectivity index (χ2v) is 9.04. The van der Waals surface area contributed by atoms with Gasteiger partial charge in [0.1, 0.15) is 23.4 Å². The number of likely N-dealkylation sites (tertiary alicyclic amines) is 1. The Hall–Kier alpha value is -3.32. The lowest BCUT2D eigenvalue weighted by molar-refractivity contribution is -0.140. The first-order valence-electron chi connectivity index (χ1n) is 11.9. The number of carbonyl (C=O) groups excluding carboxylic acids is 2. The van der Waals surface area contributed by atoms with Gasteiger partial charge in [0, 0.05) is 25.1 Å². The van der Waals surface area contributed by atoms with E-state index in [1.54, 1.807) is 6.07 Å². The largest absolute Gasteiger partial charge is 0.507 e. The molecule has 2 saturated heterocycles. The molecule has 178 valence electrons. The fraction of sp³-hybridized carbons (Fsp3) is 0.407. The van der Waals surface area contributed by atoms with Gasteiger partial charge in [-0.1, -0.05) is 12.1 Å². The molecule has 0 spiro atoms. The van der Waals surface area contributed by atoms with E-state index in [9.17, 15) is 14.7 Å². The van der Waals surface area contributed by atoms with E-state index in [0.29, 0.717) is 31.1 Å². The number of Topliss-reactive ketones (excluding diaryl/α,β-unsaturated/α-hetero) is 1. The third-order valence-electron chi connectivity index (χ3n) is 6.64. The lowest BCUT2D eigenvalue weighted by Gasteiger charge is -2.27. The van der Waals surface area contributed by atoms with Crippen molar-refractivity contribution in [2.24, 2.45) is 0 Å². The van der Waals surface area contributed by atoms with Gasteiger partial charge in [-0.15, -0.1) is 0 Å². The van der Waals surface area contributed by atoms with Crippen LogP contribution < -0.4 is 9.47 Å². The van der Waals surface area contributed by atoms with Crippen LogP contribution >= 0.6 is 0 Å². The number of aliphatic hydroxyl groups is 1. The molecule has 1 N–H and O–H groups in total. The Kier molecular flexibility index (Phi) is 6.04. The molecule has 7 heteroatoms. The molecular weight excluding hydrogens is 434 g/mol. The van der Waals surface area contributed by atoms with Gasteiger partial charge in [-0.05, 0) is 68.1 Å². The summed E-state index contributed by atoms with van der Waals surface area (Å²) in [6, 6.07) is 12.0. The minimum Gasteiger partial charge on any atom is -0.507 e. The van der Waals surface area contributed by atoms with E-state index >= 15 is 0 Å². The third-order valence-corrected chi connectivity index (χ3v) is 6.64. The highest BCUT2D eigenvalue weighted by atomic mass is 16.5. The monoisotopic (exact) mass is 463 g/mol. The number of nitrogens with zero attached hydrogens (tertiary/aromatic N) is 1. The van der Waals surface area contributed by atoms with Crippen LogP contribution in [0.15, 0.2) is 48.0 Å². The van der Waals surface area contributed by atoms with Crippen molar-refractivity contribution in [2.45, 2.75) is 51.4 Å². The summed E-state index contributed by atoms with van der Waals surface area (Å²) in [4.78, 5) is 27.9. The number of amides is 1. The third kappa shape index (κ3) is 4.05. The quantitative estimate of drug-likeness (QED) is 0.396. The van der Waals surface area contributed by atoms with Crippen molar-refractivity contribution in [3.63, 3.8) is 0 Å². The zero-order chi connectivity index (χ0) is 23.8. The summed E-state index contributed by atoms with van der Waals surface area (Å²) in [5.74, 6) is 0.0176. The maximum atomic E-state index is 13.2. The summed E-state index contributed by atoms with van der Waals surface area (Å²) in [6.45, 7) is 5.39. The van der Waals surface area contributed by atoms with Crippen molar-refractivity contribution in [3.05, 3.63) is 64.7 Å². The van der Waals surface area contributed by atoms with Gasteiger partial charge in [0.2, 0.25) is 0 Å². The van der Waals surface area contributed by atoms with Crippen LogP contribution in [-0.4, -0.2) is 53.7 Å². The molecule has 7 nitrogen and oxygen atoms in total. The van der Waals surface area contributed by atoms with E-state index in [1.807, 2.05) is 50.2 Å². The second-order valence-electron chi connectivity index (χ2n) is 9.04. The number of carbonyl (C=O) groups is 2. The Morgan fingerprint density at radius 1 is 1.18 bits per heavy atom. The van der Waals surface area contributed by atoms with E-state index < -0.39 is 17.7 Å². The normalized spacial score (nSPS) is 25.5. The molecule has 34 heavy (non-hydrogen) atoms. The van der Waals surface area contributed by atoms with Crippen LogP contribution in [0.1, 0.15) is 49.4 Å². The highest BCUT2D eigenvalue weighted by molar-refractivity contribution is 6.46. The molecule has 0 bridgehead atoms. The summed E-state index contributed by atoms with van der Waals surface area (Å²) < 4.78 is 17.1. The minimum atomic E-state index is -0.705. The topological polar surface area (TPSA) is 85.3 Å². The van der Waals surface area contributed by atoms with Crippen LogP contribution in [0.3, 0.4) is 0 Å². The fourth-order valence-electron chi connectivity index (χ4n) is 5.06. The molecule has 2 fully saturated rings. The number of aliphatic hydroxyl groups excluding tert-OH is 1. The average molecular weight is 464 g/mol. The molecule has 3 aliphatic heterocycles. The van der Waals surface area contributed by atoms with Gasteiger partial charge in [0.15, 0.2) is 0 Å². The van der Waals surface area contributed by atoms with E-state index in [2.05, 4.69) is 0 Å². The fourth-order valence-corrected chi connectivity index (χ4v) is 5.06. The van der Waals surface area contributed by atoms with Crippen molar-refractivity contribution in [2.75, 3.05) is 19.8 Å². The summed E-state index contributed by atoms with van der Waals surface area (Å²) in [5.41, 5.74) is 2.31. The predicted octanol–water partition coefficient (Wildman–Crippen LogP) is 4.01. The van der Waals surface area contributed by atoms with Crippen LogP contribution in [0.25, 0.3) is 5.76 Å². The van der Waals surface area contributed by atoms with Crippen LogP contribution in [-0.2, 0) is 20.7 Å². The van der Waals surface area contributed by atoms with Gasteiger partial charge in [0.05, 0.1) is 24.3 Å². The SMILES string of the molecule is CCOc1ccc([C@H]2C(=C(O)c3ccc4c(c3)C[C@H](C)O4)C(=O)C(=O)N2C[C@@H]2CCCO2)cc1. The lowest BCUT2D eigenvalue weighted by atomic mass is 9.94. The number of hydrogen-bond donors (Lipinski definition) is 1. The molecule has 0 aromatic heterocycles. The Labute approximate surface area is 198 Å². The van der Waals surface area contributed by atoms with Crippen LogP contribution in [0.5, 0.6) is 11.5 Å². The lowest BCUT2D eigenvalue weighted by Crippen LogP contribution is -2.36. The number of hydrogen-bond acceptors (Lipinski definition) is 6. The molecule has 3 atom stereocenters. The minimum absolute atomic E-state index is 0.0632. The highest BCUT2D eigenvalue weighted by Gasteiger charge is 2.47. The van der Waals surface area contributed by atoms with Crippen LogP contribution in [0.4, 0.5) is 0 Å². The maximum Gasteiger partial charge on any atom is 0.295 e. The smallest absolute Gasteiger partial charge is 0.295 e. The number of rotatable bonds is 6. The molecule has 0 aliphatic carbocycles. The summed E-state index contributed by atoms with van der Waals surface area (Å²) in [7, 11) is 0. The Bertz CT molecular complexity index is 1130. The number of benzene rings is 2. The van der Waals surface area contributed by atoms with E-state index in [4.69, 9.17) is 14.2 Å². The molecule has 5 rings (SSSR count). The molecule has 3 aliphatic rings. The molecule has 3 heterocycles. The van der Waals surface area contributed by atoms with Gasteiger partial charge in [-0.3, -0.25) is 9.59 Å². The van der Waals surface area contributed by atoms with Gasteiger partial charge in [0.25, 0.3) is 11.7 Å². The first-order valence-corrected chi connectivity index (χ1v) is 11.9. The van der Waals surface area contributed by atoms with E-state index in [0.717, 1.165) is 36.1 Å². The number of fused-ring (bicyclic) bond motifs is 1. The molecule has 2 aromatic carbocycles. The summed E-state index contributed by atoms with van der Waals surface area (Å²) in [5, 5.41) is 11.3. The van der Waals surface area contributed by atoms with Gasteiger partial charge >= 0.3 is 0 Å². The molecule has 1 amide bonds. The zero-order valence-corrected chi connectivity index (χ0v) is 19.5. The van der Waals surface area contributed by atoms with E-state index in [1.165, 1.54) is 4.90 Å². The van der Waals surface area contributed by atoms with Gasteiger partial charge in [-0.2, -0.15) is 0 Å². The van der Waals surface area contributed by atoms with Crippen LogP contribution in [0.2, 0.25) is 0 Å². The maximum absolute atomic E-state index is 13.2. The van der Waals surface area contributed by atoms with Crippen molar-refractivity contribution in [1.29, 1.82) is 0 Å². The van der Waals surface area contributed by atoms with Crippen molar-refractivity contribution < 1.29 is 28.9 Å². The molecule has 2 aromatic rings. The molecule has 0 saturated carbocycles. The van der Waals surface area contributed by atoms with Crippen molar-refractivity contribution >= 4 is 17.4 Å². The number of ether oxygens (including phenoxy) is 3. The first kappa shape index (κ1) is 22.5. The summed E-state index contributed by atoms with van der Waals surface area (Å²) in [6.07, 6.45) is 2.43. The Balaban J connectivity index is 1.57. The van der Waals surface area contributed by atoms with Crippen molar-refractivity contribution in [3.8, 4) is 11.5 Å². The second kappa shape index (κ2) is 9.14. The standard InChI is InChI=1S/C27H29NO6/c1-3-32-20-9-6-17(7-10-20)24-23(26(30)27(31)28(24)15-21-5-4-12-33-21)25(29)18-8-11-22-19(14-18)13-16(2)34-22/h6-11,14,16,21,24,29H,3-5,12-13,15H2,1-2H3/t16-,21-,24-/m0/s1. The molecular formula is C27H29NO6. The Morgan fingerprint density at radius 2 is 1.97 bits per heavy atom. The average Bonchev–Trinajstić information content (AvgIpc) is 3.53. The van der Waals surface area contributed by atoms with Crippen molar-refractivity contribution in [1.82, 2.24) is 4.90 Å². The van der Waals surface area contributed by atoms with Gasteiger partial charge in [-0.25, -0.2) is 0 Å².